The smallest absolute Gasteiger partial charge is 0.407 e. The highest BCUT2D eigenvalue weighted by molar-refractivity contribution is 5.64. The fraction of sp³-hybridized carbons (Fsp3) is 0.300. The number of hydrogen-bond acceptors (Lipinski definition) is 3. The Bertz CT molecular complexity index is 388. The predicted molar refractivity (Wildman–Crippen MR) is 57.5 cm³/mol. The summed E-state index contributed by atoms with van der Waals surface area (Å²) in [6.07, 6.45) is -0.442. The summed E-state index contributed by atoms with van der Waals surface area (Å²) in [6, 6.07) is 6.09. The first kappa shape index (κ1) is 12.0. The third-order valence-corrected chi connectivity index (χ3v) is 2.21. The Hall–Kier alpha value is -2.11. The van der Waals surface area contributed by atoms with Crippen LogP contribution >= 0.6 is 0 Å². The lowest BCUT2D eigenvalue weighted by molar-refractivity contribution is -0.384. The molecule has 0 aliphatic carbocycles. The molecule has 1 aromatic carbocycles. The van der Waals surface area contributed by atoms with E-state index in [4.69, 9.17) is 5.11 Å². The van der Waals surface area contributed by atoms with Crippen LogP contribution in [0.4, 0.5) is 10.5 Å². The molecule has 16 heavy (non-hydrogen) atoms. The summed E-state index contributed by atoms with van der Waals surface area (Å²) < 4.78 is 0. The van der Waals surface area contributed by atoms with Crippen molar-refractivity contribution in [3.8, 4) is 0 Å². The van der Waals surface area contributed by atoms with Gasteiger partial charge in [-0.25, -0.2) is 4.79 Å². The van der Waals surface area contributed by atoms with Gasteiger partial charge in [0.1, 0.15) is 0 Å². The van der Waals surface area contributed by atoms with Gasteiger partial charge in [0.2, 0.25) is 0 Å². The molecule has 0 saturated carbocycles. The second-order valence-electron chi connectivity index (χ2n) is 3.38. The van der Waals surface area contributed by atoms with Gasteiger partial charge in [0.25, 0.3) is 5.69 Å². The summed E-state index contributed by atoms with van der Waals surface area (Å²) in [4.78, 5) is 21.6. The van der Waals surface area contributed by atoms with E-state index >= 15 is 0 Å². The number of nitro groups is 1. The molecule has 1 amide bonds. The molecule has 1 N–H and O–H groups in total. The molecule has 0 unspecified atom stereocenters. The van der Waals surface area contributed by atoms with Crippen LogP contribution in [0, 0.1) is 10.1 Å². The number of rotatable bonds is 4. The Morgan fingerprint density at radius 2 is 2.00 bits per heavy atom. The molecule has 0 fully saturated rings. The summed E-state index contributed by atoms with van der Waals surface area (Å²) >= 11 is 0. The highest BCUT2D eigenvalue weighted by Gasteiger charge is 2.07. The summed E-state index contributed by atoms with van der Waals surface area (Å²) in [5, 5.41) is 19.0. The van der Waals surface area contributed by atoms with Crippen molar-refractivity contribution in [2.45, 2.75) is 6.42 Å². The van der Waals surface area contributed by atoms with Crippen LogP contribution in [-0.2, 0) is 6.42 Å². The van der Waals surface area contributed by atoms with Crippen molar-refractivity contribution in [3.05, 3.63) is 39.9 Å². The lowest BCUT2D eigenvalue weighted by Gasteiger charge is -2.12. The number of carboxylic acid groups (broad SMARTS) is 1. The minimum Gasteiger partial charge on any atom is -0.465 e. The van der Waals surface area contributed by atoms with E-state index in [0.29, 0.717) is 13.0 Å². The van der Waals surface area contributed by atoms with E-state index in [9.17, 15) is 14.9 Å². The van der Waals surface area contributed by atoms with Crippen molar-refractivity contribution in [2.24, 2.45) is 0 Å². The molecular weight excluding hydrogens is 212 g/mol. The van der Waals surface area contributed by atoms with Crippen LogP contribution in [0.5, 0.6) is 0 Å². The lowest BCUT2D eigenvalue weighted by Crippen LogP contribution is -2.26. The van der Waals surface area contributed by atoms with Gasteiger partial charge in [0.05, 0.1) is 4.92 Å². The van der Waals surface area contributed by atoms with Gasteiger partial charge < -0.3 is 10.0 Å². The number of non-ortho nitro benzene ring substituents is 1. The topological polar surface area (TPSA) is 83.7 Å². The van der Waals surface area contributed by atoms with Crippen LogP contribution < -0.4 is 0 Å². The molecule has 1 aromatic rings. The predicted octanol–water partition coefficient (Wildman–Crippen LogP) is 1.75. The maximum atomic E-state index is 10.5. The number of benzene rings is 1. The van der Waals surface area contributed by atoms with E-state index in [0.717, 1.165) is 5.56 Å². The fourth-order valence-corrected chi connectivity index (χ4v) is 1.18. The van der Waals surface area contributed by atoms with Crippen LogP contribution in [-0.4, -0.2) is 34.6 Å². The van der Waals surface area contributed by atoms with Crippen LogP contribution in [0.3, 0.4) is 0 Å². The fourth-order valence-electron chi connectivity index (χ4n) is 1.18. The van der Waals surface area contributed by atoms with Crippen molar-refractivity contribution in [1.82, 2.24) is 4.90 Å². The van der Waals surface area contributed by atoms with Gasteiger partial charge in [-0.3, -0.25) is 10.1 Å². The number of amides is 1. The normalized spacial score (nSPS) is 9.81. The van der Waals surface area contributed by atoms with Gasteiger partial charge in [0, 0.05) is 25.7 Å². The summed E-state index contributed by atoms with van der Waals surface area (Å²) in [6.45, 7) is 0.368. The number of carbonyl (C=O) groups is 1. The first-order valence-electron chi connectivity index (χ1n) is 4.68. The molecule has 0 atom stereocenters. The Balaban J connectivity index is 2.56. The quantitative estimate of drug-likeness (QED) is 0.623. The van der Waals surface area contributed by atoms with Crippen molar-refractivity contribution >= 4 is 11.8 Å². The molecule has 86 valence electrons. The molecule has 0 aliphatic rings. The zero-order chi connectivity index (χ0) is 12.1. The summed E-state index contributed by atoms with van der Waals surface area (Å²) in [7, 11) is 1.48. The van der Waals surface area contributed by atoms with Gasteiger partial charge in [-0.2, -0.15) is 0 Å². The molecule has 0 aromatic heterocycles. The second kappa shape index (κ2) is 5.11. The molecule has 0 heterocycles. The average Bonchev–Trinajstić information content (AvgIpc) is 2.26. The largest absolute Gasteiger partial charge is 0.465 e. The third-order valence-electron chi connectivity index (χ3n) is 2.21. The zero-order valence-corrected chi connectivity index (χ0v) is 8.79. The van der Waals surface area contributed by atoms with Gasteiger partial charge in [-0.1, -0.05) is 12.1 Å². The summed E-state index contributed by atoms with van der Waals surface area (Å²) in [5.74, 6) is 0. The Morgan fingerprint density at radius 1 is 1.44 bits per heavy atom. The maximum absolute atomic E-state index is 10.5. The maximum Gasteiger partial charge on any atom is 0.407 e. The number of hydrogen-bond donors (Lipinski definition) is 1. The zero-order valence-electron chi connectivity index (χ0n) is 8.79. The van der Waals surface area contributed by atoms with Gasteiger partial charge >= 0.3 is 6.09 Å². The van der Waals surface area contributed by atoms with E-state index in [1.807, 2.05) is 0 Å². The third kappa shape index (κ3) is 3.23. The van der Waals surface area contributed by atoms with Crippen molar-refractivity contribution in [2.75, 3.05) is 13.6 Å². The highest BCUT2D eigenvalue weighted by atomic mass is 16.6. The second-order valence-corrected chi connectivity index (χ2v) is 3.38. The van der Waals surface area contributed by atoms with E-state index in [1.54, 1.807) is 12.1 Å². The Kier molecular flexibility index (Phi) is 3.82. The number of nitrogens with zero attached hydrogens (tertiary/aromatic N) is 2. The van der Waals surface area contributed by atoms with E-state index in [1.165, 1.54) is 24.1 Å². The summed E-state index contributed by atoms with van der Waals surface area (Å²) in [5.41, 5.74) is 0.911. The molecule has 0 bridgehead atoms. The number of likely N-dealkylation sites (N-methyl/N-ethyl adjacent to an activating group) is 1. The molecular formula is C10H12N2O4. The molecule has 1 rings (SSSR count). The first-order chi connectivity index (χ1) is 7.50. The van der Waals surface area contributed by atoms with Gasteiger partial charge in [-0.15, -0.1) is 0 Å². The first-order valence-corrected chi connectivity index (χ1v) is 4.68. The molecule has 0 saturated heterocycles. The van der Waals surface area contributed by atoms with Crippen LogP contribution in [0.25, 0.3) is 0 Å². The van der Waals surface area contributed by atoms with Crippen molar-refractivity contribution in [3.63, 3.8) is 0 Å². The van der Waals surface area contributed by atoms with Crippen LogP contribution in [0.2, 0.25) is 0 Å². The van der Waals surface area contributed by atoms with Crippen LogP contribution in [0.15, 0.2) is 24.3 Å². The SMILES string of the molecule is CN(CCc1ccc([N+](=O)[O-])cc1)C(=O)O. The lowest BCUT2D eigenvalue weighted by atomic mass is 10.1. The van der Waals surface area contributed by atoms with Gasteiger partial charge in [0.15, 0.2) is 0 Å². The monoisotopic (exact) mass is 224 g/mol. The molecule has 0 aliphatic heterocycles. The van der Waals surface area contributed by atoms with Crippen molar-refractivity contribution < 1.29 is 14.8 Å². The molecule has 0 radical (unpaired) electrons. The number of nitro benzene ring substituents is 1. The minimum atomic E-state index is -0.984. The Labute approximate surface area is 92.3 Å². The molecule has 6 nitrogen and oxygen atoms in total. The minimum absolute atomic E-state index is 0.0374. The van der Waals surface area contributed by atoms with E-state index < -0.39 is 11.0 Å². The standard InChI is InChI=1S/C10H12N2O4/c1-11(10(13)14)7-6-8-2-4-9(5-3-8)12(15)16/h2-5H,6-7H2,1H3,(H,13,14). The molecule has 6 heteroatoms. The van der Waals surface area contributed by atoms with E-state index in [2.05, 4.69) is 0 Å². The highest BCUT2D eigenvalue weighted by Crippen LogP contribution is 2.12. The van der Waals surface area contributed by atoms with Gasteiger partial charge in [-0.05, 0) is 12.0 Å². The van der Waals surface area contributed by atoms with E-state index in [-0.39, 0.29) is 5.69 Å². The average molecular weight is 224 g/mol. The van der Waals surface area contributed by atoms with Crippen LogP contribution in [0.1, 0.15) is 5.56 Å². The molecule has 0 spiro atoms. The Morgan fingerprint density at radius 3 is 2.44 bits per heavy atom. The van der Waals surface area contributed by atoms with Crippen molar-refractivity contribution in [1.29, 1.82) is 0 Å².